The van der Waals surface area contributed by atoms with Crippen molar-refractivity contribution in [3.63, 3.8) is 0 Å². The Morgan fingerprint density at radius 3 is 2.57 bits per heavy atom. The fourth-order valence-electron chi connectivity index (χ4n) is 2.73. The molecule has 0 aliphatic carbocycles. The molecule has 1 amide bonds. The summed E-state index contributed by atoms with van der Waals surface area (Å²) in [6.07, 6.45) is 0.546. The molecule has 12 heteroatoms. The van der Waals surface area contributed by atoms with Crippen molar-refractivity contribution >= 4 is 27.8 Å². The van der Waals surface area contributed by atoms with Crippen molar-refractivity contribution in [2.75, 3.05) is 20.3 Å². The number of hydrogen-bond donors (Lipinski definition) is 1. The van der Waals surface area contributed by atoms with Crippen LogP contribution in [0.3, 0.4) is 0 Å². The molecule has 1 N–H and O–H groups in total. The number of nitro benzene ring substituents is 1. The van der Waals surface area contributed by atoms with Gasteiger partial charge in [0, 0.05) is 24.7 Å². The van der Waals surface area contributed by atoms with Crippen LogP contribution >= 0.6 is 0 Å². The smallest absolute Gasteiger partial charge is 0.410 e. The molecule has 0 aromatic heterocycles. The molecular formula is C16H19N3O8S. The number of carbonyl (C=O) groups is 2. The van der Waals surface area contributed by atoms with Gasteiger partial charge in [0.1, 0.15) is 12.6 Å². The van der Waals surface area contributed by atoms with Crippen LogP contribution in [0.5, 0.6) is 0 Å². The Morgan fingerprint density at radius 2 is 2.04 bits per heavy atom. The van der Waals surface area contributed by atoms with Crippen LogP contribution < -0.4 is 4.72 Å². The molecule has 1 aromatic carbocycles. The van der Waals surface area contributed by atoms with E-state index in [0.717, 1.165) is 36.3 Å². The standard InChI is InChI=1S/C16H19N3O8S/c1-3-8-27-16(21)18-10-11(9-14(18)15(20)26-2)17-28(24,25)13-6-4-12(5-7-13)19(22)23/h3-7,11,14,17H,1,8-10H2,2H3/t11-,14?/m1/s1. The predicted octanol–water partition coefficient (Wildman–Crippen LogP) is 0.812. The van der Waals surface area contributed by atoms with Gasteiger partial charge in [0.05, 0.1) is 16.9 Å². The zero-order valence-corrected chi connectivity index (χ0v) is 15.8. The second-order valence-electron chi connectivity index (χ2n) is 5.86. The maximum atomic E-state index is 12.5. The summed E-state index contributed by atoms with van der Waals surface area (Å²) in [5, 5.41) is 10.7. The minimum atomic E-state index is -4.03. The lowest BCUT2D eigenvalue weighted by molar-refractivity contribution is -0.384. The molecule has 1 aliphatic heterocycles. The number of esters is 1. The number of nitrogens with one attached hydrogen (secondary N) is 1. The van der Waals surface area contributed by atoms with Gasteiger partial charge in [0.25, 0.3) is 5.69 Å². The lowest BCUT2D eigenvalue weighted by Gasteiger charge is -2.21. The van der Waals surface area contributed by atoms with E-state index in [1.165, 1.54) is 6.08 Å². The monoisotopic (exact) mass is 413 g/mol. The predicted molar refractivity (Wildman–Crippen MR) is 95.9 cm³/mol. The number of methoxy groups -OCH3 is 1. The largest absolute Gasteiger partial charge is 0.467 e. The molecule has 2 atom stereocenters. The Labute approximate surface area is 161 Å². The first-order chi connectivity index (χ1) is 13.2. The van der Waals surface area contributed by atoms with E-state index in [9.17, 15) is 28.1 Å². The quantitative estimate of drug-likeness (QED) is 0.299. The number of likely N-dealkylation sites (tertiary alicyclic amines) is 1. The van der Waals surface area contributed by atoms with E-state index < -0.39 is 39.1 Å². The molecule has 1 fully saturated rings. The number of amides is 1. The topological polar surface area (TPSA) is 145 Å². The van der Waals surface area contributed by atoms with Crippen molar-refractivity contribution in [2.24, 2.45) is 0 Å². The second-order valence-corrected chi connectivity index (χ2v) is 7.58. The van der Waals surface area contributed by atoms with Gasteiger partial charge in [0.15, 0.2) is 0 Å². The molecular weight excluding hydrogens is 394 g/mol. The van der Waals surface area contributed by atoms with Crippen molar-refractivity contribution in [1.29, 1.82) is 0 Å². The number of nitro groups is 1. The average Bonchev–Trinajstić information content (AvgIpc) is 3.08. The van der Waals surface area contributed by atoms with Crippen molar-refractivity contribution in [3.05, 3.63) is 47.0 Å². The summed E-state index contributed by atoms with van der Waals surface area (Å²) in [5.41, 5.74) is -0.248. The van der Waals surface area contributed by atoms with Crippen LogP contribution in [0.15, 0.2) is 41.8 Å². The minimum Gasteiger partial charge on any atom is -0.467 e. The molecule has 2 rings (SSSR count). The molecule has 11 nitrogen and oxygen atoms in total. The van der Waals surface area contributed by atoms with Crippen LogP contribution in [0.1, 0.15) is 6.42 Å². The number of nitrogens with zero attached hydrogens (tertiary/aromatic N) is 2. The maximum Gasteiger partial charge on any atom is 0.410 e. The first-order valence-electron chi connectivity index (χ1n) is 8.08. The summed E-state index contributed by atoms with van der Waals surface area (Å²) in [6.45, 7) is 3.25. The van der Waals surface area contributed by atoms with Crippen molar-refractivity contribution in [3.8, 4) is 0 Å². The van der Waals surface area contributed by atoms with Crippen molar-refractivity contribution in [1.82, 2.24) is 9.62 Å². The molecule has 0 bridgehead atoms. The van der Waals surface area contributed by atoms with E-state index in [0.29, 0.717) is 0 Å². The normalized spacial score (nSPS) is 19.1. The summed E-state index contributed by atoms with van der Waals surface area (Å²) >= 11 is 0. The molecule has 0 spiro atoms. The highest BCUT2D eigenvalue weighted by Gasteiger charge is 2.42. The zero-order valence-electron chi connectivity index (χ0n) is 14.9. The number of carbonyl (C=O) groups excluding carboxylic acids is 2. The number of ether oxygens (including phenoxy) is 2. The van der Waals surface area contributed by atoms with Crippen LogP contribution in [-0.4, -0.2) is 62.6 Å². The third kappa shape index (κ3) is 4.84. The first kappa shape index (κ1) is 21.3. The molecule has 0 radical (unpaired) electrons. The van der Waals surface area contributed by atoms with Crippen molar-refractivity contribution < 1.29 is 32.4 Å². The van der Waals surface area contributed by atoms with Gasteiger partial charge in [-0.15, -0.1) is 0 Å². The van der Waals surface area contributed by atoms with E-state index in [4.69, 9.17) is 4.74 Å². The fraction of sp³-hybridized carbons (Fsp3) is 0.375. The third-order valence-electron chi connectivity index (χ3n) is 4.01. The van der Waals surface area contributed by atoms with Crippen LogP contribution in [0.4, 0.5) is 10.5 Å². The molecule has 1 aromatic rings. The highest BCUT2D eigenvalue weighted by atomic mass is 32.2. The molecule has 1 aliphatic rings. The van der Waals surface area contributed by atoms with Gasteiger partial charge in [-0.1, -0.05) is 12.7 Å². The zero-order chi connectivity index (χ0) is 20.9. The van der Waals surface area contributed by atoms with Crippen LogP contribution in [-0.2, 0) is 24.3 Å². The average molecular weight is 413 g/mol. The SMILES string of the molecule is C=CCOC(=O)N1C[C@H](NS(=O)(=O)c2ccc([N+](=O)[O-])cc2)CC1C(=O)OC. The van der Waals surface area contributed by atoms with Gasteiger partial charge in [-0.3, -0.25) is 15.0 Å². The van der Waals surface area contributed by atoms with Gasteiger partial charge in [-0.25, -0.2) is 22.7 Å². The van der Waals surface area contributed by atoms with E-state index in [-0.39, 0.29) is 30.2 Å². The van der Waals surface area contributed by atoms with Gasteiger partial charge in [0.2, 0.25) is 10.0 Å². The maximum absolute atomic E-state index is 12.5. The summed E-state index contributed by atoms with van der Waals surface area (Å²) in [4.78, 5) is 35.0. The van der Waals surface area contributed by atoms with Gasteiger partial charge < -0.3 is 9.47 Å². The summed E-state index contributed by atoms with van der Waals surface area (Å²) in [6, 6.07) is 2.55. The Hall–Kier alpha value is -2.99. The fourth-order valence-corrected chi connectivity index (χ4v) is 3.97. The lowest BCUT2D eigenvalue weighted by Crippen LogP contribution is -2.42. The number of non-ortho nitro benzene ring substituents is 1. The van der Waals surface area contributed by atoms with Crippen LogP contribution in [0.2, 0.25) is 0 Å². The van der Waals surface area contributed by atoms with E-state index in [1.54, 1.807) is 0 Å². The summed E-state index contributed by atoms with van der Waals surface area (Å²) in [7, 11) is -2.87. The van der Waals surface area contributed by atoms with Gasteiger partial charge in [-0.2, -0.15) is 0 Å². The van der Waals surface area contributed by atoms with Crippen molar-refractivity contribution in [2.45, 2.75) is 23.4 Å². The highest BCUT2D eigenvalue weighted by molar-refractivity contribution is 7.89. The molecule has 1 heterocycles. The number of sulfonamides is 1. The van der Waals surface area contributed by atoms with Crippen LogP contribution in [0, 0.1) is 10.1 Å². The minimum absolute atomic E-state index is 0.0118. The highest BCUT2D eigenvalue weighted by Crippen LogP contribution is 2.23. The van der Waals surface area contributed by atoms with Gasteiger partial charge in [-0.05, 0) is 18.6 Å². The Balaban J connectivity index is 2.16. The summed E-state index contributed by atoms with van der Waals surface area (Å²) < 4.78 is 37.0. The summed E-state index contributed by atoms with van der Waals surface area (Å²) in [5.74, 6) is -0.701. The molecule has 28 heavy (non-hydrogen) atoms. The van der Waals surface area contributed by atoms with E-state index >= 15 is 0 Å². The first-order valence-corrected chi connectivity index (χ1v) is 9.56. The molecule has 1 unspecified atom stereocenters. The molecule has 152 valence electrons. The molecule has 1 saturated heterocycles. The van der Waals surface area contributed by atoms with E-state index in [2.05, 4.69) is 16.0 Å². The Morgan fingerprint density at radius 1 is 1.39 bits per heavy atom. The number of hydrogen-bond acceptors (Lipinski definition) is 8. The Bertz CT molecular complexity index is 868. The van der Waals surface area contributed by atoms with Crippen LogP contribution in [0.25, 0.3) is 0 Å². The third-order valence-corrected chi connectivity index (χ3v) is 5.55. The molecule has 0 saturated carbocycles. The Kier molecular flexibility index (Phi) is 6.70. The number of rotatable bonds is 7. The van der Waals surface area contributed by atoms with Gasteiger partial charge >= 0.3 is 12.1 Å². The second kappa shape index (κ2) is 8.80. The number of benzene rings is 1. The van der Waals surface area contributed by atoms with E-state index in [1.807, 2.05) is 0 Å². The lowest BCUT2D eigenvalue weighted by atomic mass is 10.2.